The third-order valence-corrected chi connectivity index (χ3v) is 2.80. The number of halogens is 3. The Morgan fingerprint density at radius 2 is 2.00 bits per heavy atom. The number of pyridine rings is 1. The number of benzene rings is 1. The molecule has 0 radical (unpaired) electrons. The predicted octanol–water partition coefficient (Wildman–Crippen LogP) is 3.24. The number of hydrogen-bond donors (Lipinski definition) is 2. The van der Waals surface area contributed by atoms with Crippen LogP contribution < -0.4 is 11.1 Å². The first-order valence-corrected chi connectivity index (χ1v) is 5.98. The molecule has 0 spiro atoms. The molecule has 2 rings (SSSR count). The summed E-state index contributed by atoms with van der Waals surface area (Å²) in [6.07, 6.45) is -3.06. The molecule has 3 N–H and O–H groups in total. The number of nitrogen functional groups attached to an aromatic ring is 1. The molecule has 0 aliphatic rings. The zero-order chi connectivity index (χ0) is 15.6. The van der Waals surface area contributed by atoms with E-state index in [1.165, 1.54) is 24.4 Å². The molecule has 0 aliphatic heterocycles. The fourth-order valence-corrected chi connectivity index (χ4v) is 1.75. The molecule has 4 nitrogen and oxygen atoms in total. The van der Waals surface area contributed by atoms with Gasteiger partial charge in [0.15, 0.2) is 0 Å². The summed E-state index contributed by atoms with van der Waals surface area (Å²) in [6, 6.07) is 5.83. The summed E-state index contributed by atoms with van der Waals surface area (Å²) in [6.45, 7) is 1.61. The van der Waals surface area contributed by atoms with Gasteiger partial charge in [-0.15, -0.1) is 0 Å². The number of aryl methyl sites for hydroxylation is 1. The second-order valence-corrected chi connectivity index (χ2v) is 4.43. The Hall–Kier alpha value is -2.57. The lowest BCUT2D eigenvalue weighted by Gasteiger charge is -2.11. The SMILES string of the molecule is Cc1ncc(N)cc1C(=O)Nc1cccc(C(F)(F)F)c1. The number of alkyl halides is 3. The average molecular weight is 295 g/mol. The van der Waals surface area contributed by atoms with Gasteiger partial charge in [-0.2, -0.15) is 13.2 Å². The molecule has 110 valence electrons. The number of carbonyl (C=O) groups excluding carboxylic acids is 1. The molecule has 0 atom stereocenters. The van der Waals surface area contributed by atoms with Crippen molar-refractivity contribution in [1.82, 2.24) is 4.98 Å². The number of nitrogens with one attached hydrogen (secondary N) is 1. The summed E-state index contributed by atoms with van der Waals surface area (Å²) >= 11 is 0. The Morgan fingerprint density at radius 1 is 1.29 bits per heavy atom. The van der Waals surface area contributed by atoms with Crippen molar-refractivity contribution in [2.24, 2.45) is 0 Å². The molecule has 1 heterocycles. The van der Waals surface area contributed by atoms with E-state index in [-0.39, 0.29) is 11.3 Å². The van der Waals surface area contributed by atoms with Crippen LogP contribution in [0.1, 0.15) is 21.6 Å². The van der Waals surface area contributed by atoms with Gasteiger partial charge in [0.25, 0.3) is 5.91 Å². The van der Waals surface area contributed by atoms with Crippen LogP contribution in [0.5, 0.6) is 0 Å². The highest BCUT2D eigenvalue weighted by Crippen LogP contribution is 2.30. The average Bonchev–Trinajstić information content (AvgIpc) is 2.41. The van der Waals surface area contributed by atoms with Crippen LogP contribution in [0.3, 0.4) is 0 Å². The molecular weight excluding hydrogens is 283 g/mol. The molecule has 1 amide bonds. The highest BCUT2D eigenvalue weighted by atomic mass is 19.4. The van der Waals surface area contributed by atoms with Crippen molar-refractivity contribution in [2.45, 2.75) is 13.1 Å². The normalized spacial score (nSPS) is 11.2. The van der Waals surface area contributed by atoms with Crippen LogP contribution in [0, 0.1) is 6.92 Å². The van der Waals surface area contributed by atoms with Gasteiger partial charge in [-0.3, -0.25) is 9.78 Å². The summed E-state index contributed by atoms with van der Waals surface area (Å²) in [5, 5.41) is 2.40. The monoisotopic (exact) mass is 295 g/mol. The molecule has 0 saturated carbocycles. The quantitative estimate of drug-likeness (QED) is 0.893. The van der Waals surface area contributed by atoms with E-state index < -0.39 is 17.6 Å². The van der Waals surface area contributed by atoms with Gasteiger partial charge in [0.05, 0.1) is 28.7 Å². The molecule has 1 aromatic heterocycles. The maximum Gasteiger partial charge on any atom is 0.416 e. The Bertz CT molecular complexity index is 683. The smallest absolute Gasteiger partial charge is 0.397 e. The fourth-order valence-electron chi connectivity index (χ4n) is 1.75. The maximum atomic E-state index is 12.6. The minimum absolute atomic E-state index is 0.0525. The Morgan fingerprint density at radius 3 is 2.67 bits per heavy atom. The van der Waals surface area contributed by atoms with E-state index in [0.717, 1.165) is 12.1 Å². The van der Waals surface area contributed by atoms with Gasteiger partial charge >= 0.3 is 6.18 Å². The summed E-state index contributed by atoms with van der Waals surface area (Å²) < 4.78 is 37.8. The predicted molar refractivity (Wildman–Crippen MR) is 72.8 cm³/mol. The maximum absolute atomic E-state index is 12.6. The van der Waals surface area contributed by atoms with Crippen LogP contribution in [-0.2, 0) is 6.18 Å². The first-order valence-electron chi connectivity index (χ1n) is 5.98. The number of rotatable bonds is 2. The molecule has 0 bridgehead atoms. The molecule has 0 unspecified atom stereocenters. The van der Waals surface area contributed by atoms with E-state index in [9.17, 15) is 18.0 Å². The summed E-state index contributed by atoms with van der Waals surface area (Å²) in [5.74, 6) is -0.563. The van der Waals surface area contributed by atoms with Crippen LogP contribution in [0.25, 0.3) is 0 Å². The molecular formula is C14H12F3N3O. The largest absolute Gasteiger partial charge is 0.416 e. The zero-order valence-electron chi connectivity index (χ0n) is 11.0. The number of nitrogens with zero attached hydrogens (tertiary/aromatic N) is 1. The van der Waals surface area contributed by atoms with E-state index in [2.05, 4.69) is 10.3 Å². The lowest BCUT2D eigenvalue weighted by Crippen LogP contribution is -2.15. The van der Waals surface area contributed by atoms with Crippen LogP contribution >= 0.6 is 0 Å². The molecule has 21 heavy (non-hydrogen) atoms. The number of aromatic nitrogens is 1. The number of carbonyl (C=O) groups is 1. The van der Waals surface area contributed by atoms with Crippen molar-refractivity contribution in [3.63, 3.8) is 0 Å². The molecule has 2 aromatic rings. The number of nitrogens with two attached hydrogens (primary N) is 1. The highest BCUT2D eigenvalue weighted by molar-refractivity contribution is 6.05. The standard InChI is InChI=1S/C14H12F3N3O/c1-8-12(6-10(18)7-19-8)13(21)20-11-4-2-3-9(5-11)14(15,16)17/h2-7H,18H2,1H3,(H,20,21). The van der Waals surface area contributed by atoms with E-state index >= 15 is 0 Å². The molecule has 0 saturated heterocycles. The van der Waals surface area contributed by atoms with Crippen molar-refractivity contribution in [3.8, 4) is 0 Å². The summed E-state index contributed by atoms with van der Waals surface area (Å²) in [7, 11) is 0. The number of hydrogen-bond acceptors (Lipinski definition) is 3. The highest BCUT2D eigenvalue weighted by Gasteiger charge is 2.30. The Kier molecular flexibility index (Phi) is 3.84. The van der Waals surface area contributed by atoms with Crippen molar-refractivity contribution >= 4 is 17.3 Å². The fraction of sp³-hybridized carbons (Fsp3) is 0.143. The second kappa shape index (κ2) is 5.43. The zero-order valence-corrected chi connectivity index (χ0v) is 11.0. The van der Waals surface area contributed by atoms with Crippen molar-refractivity contribution < 1.29 is 18.0 Å². The van der Waals surface area contributed by atoms with Crippen molar-refractivity contribution in [3.05, 3.63) is 53.3 Å². The third-order valence-electron chi connectivity index (χ3n) is 2.80. The van der Waals surface area contributed by atoms with Crippen molar-refractivity contribution in [1.29, 1.82) is 0 Å². The summed E-state index contributed by atoms with van der Waals surface area (Å²) in [5.41, 5.74) is 5.72. The lowest BCUT2D eigenvalue weighted by atomic mass is 10.1. The van der Waals surface area contributed by atoms with Crippen LogP contribution in [0.2, 0.25) is 0 Å². The van der Waals surface area contributed by atoms with Crippen LogP contribution in [-0.4, -0.2) is 10.9 Å². The van der Waals surface area contributed by atoms with Crippen molar-refractivity contribution in [2.75, 3.05) is 11.1 Å². The van der Waals surface area contributed by atoms with Gasteiger partial charge in [-0.05, 0) is 31.2 Å². The molecule has 0 aliphatic carbocycles. The second-order valence-electron chi connectivity index (χ2n) is 4.43. The van der Waals surface area contributed by atoms with Crippen LogP contribution in [0.4, 0.5) is 24.5 Å². The number of anilines is 2. The van der Waals surface area contributed by atoms with Crippen LogP contribution in [0.15, 0.2) is 36.5 Å². The van der Waals surface area contributed by atoms with Gasteiger partial charge < -0.3 is 11.1 Å². The minimum Gasteiger partial charge on any atom is -0.397 e. The first kappa shape index (κ1) is 14.8. The summed E-state index contributed by atoms with van der Waals surface area (Å²) in [4.78, 5) is 16.0. The van der Waals surface area contributed by atoms with E-state index in [1.807, 2.05) is 0 Å². The minimum atomic E-state index is -4.46. The number of amides is 1. The van der Waals surface area contributed by atoms with E-state index in [0.29, 0.717) is 11.4 Å². The molecule has 1 aromatic carbocycles. The van der Waals surface area contributed by atoms with E-state index in [1.54, 1.807) is 6.92 Å². The van der Waals surface area contributed by atoms with Gasteiger partial charge in [0.1, 0.15) is 0 Å². The van der Waals surface area contributed by atoms with Gasteiger partial charge in [-0.1, -0.05) is 6.07 Å². The van der Waals surface area contributed by atoms with Gasteiger partial charge in [0.2, 0.25) is 0 Å². The molecule has 7 heteroatoms. The first-order chi connectivity index (χ1) is 9.77. The third kappa shape index (κ3) is 3.50. The van der Waals surface area contributed by atoms with Gasteiger partial charge in [0, 0.05) is 5.69 Å². The lowest BCUT2D eigenvalue weighted by molar-refractivity contribution is -0.137. The topological polar surface area (TPSA) is 68.0 Å². The van der Waals surface area contributed by atoms with Gasteiger partial charge in [-0.25, -0.2) is 0 Å². The Labute approximate surface area is 118 Å². The molecule has 0 fully saturated rings. The van der Waals surface area contributed by atoms with E-state index in [4.69, 9.17) is 5.73 Å². The Balaban J connectivity index is 2.26.